The summed E-state index contributed by atoms with van der Waals surface area (Å²) < 4.78 is 59.9. The molecule has 216 valence electrons. The molecule has 2 aromatic heterocycles. The van der Waals surface area contributed by atoms with E-state index >= 15 is 0 Å². The van der Waals surface area contributed by atoms with Gasteiger partial charge in [0.1, 0.15) is 12.4 Å². The Morgan fingerprint density at radius 3 is 2.29 bits per heavy atom. The third-order valence-electron chi connectivity index (χ3n) is 7.33. The average molecular weight is 594 g/mol. The fraction of sp³-hybridized carbons (Fsp3) is 0.323. The molecule has 10 heteroatoms. The van der Waals surface area contributed by atoms with Gasteiger partial charge in [-0.3, -0.25) is 0 Å². The molecule has 0 radical (unpaired) electrons. The van der Waals surface area contributed by atoms with Crippen LogP contribution in [0.4, 0.5) is 0 Å². The first-order valence-corrected chi connectivity index (χ1v) is 17.0. The highest BCUT2D eigenvalue weighted by Gasteiger charge is 2.27. The zero-order chi connectivity index (χ0) is 29.2. The molecule has 0 bridgehead atoms. The number of rotatable bonds is 10. The van der Waals surface area contributed by atoms with Gasteiger partial charge in [-0.05, 0) is 74.8 Å². The van der Waals surface area contributed by atoms with Crippen molar-refractivity contribution in [2.24, 2.45) is 5.92 Å². The molecule has 5 rings (SSSR count). The zero-order valence-corrected chi connectivity index (χ0v) is 25.2. The van der Waals surface area contributed by atoms with Crippen molar-refractivity contribution in [1.29, 1.82) is 0 Å². The molecular weight excluding hydrogens is 558 g/mol. The van der Waals surface area contributed by atoms with Crippen LogP contribution in [0.5, 0.6) is 5.75 Å². The lowest BCUT2D eigenvalue weighted by Gasteiger charge is -2.16. The molecule has 0 N–H and O–H groups in total. The summed E-state index contributed by atoms with van der Waals surface area (Å²) in [6.45, 7) is 1.19. The summed E-state index contributed by atoms with van der Waals surface area (Å²) in [6, 6.07) is 18.6. The Balaban J connectivity index is 1.72. The molecule has 0 saturated heterocycles. The summed E-state index contributed by atoms with van der Waals surface area (Å²) in [7, 11) is -3.50. The second-order valence-corrected chi connectivity index (χ2v) is 14.6. The maximum Gasteiger partial charge on any atom is 0.269 e. The van der Waals surface area contributed by atoms with Gasteiger partial charge in [0.15, 0.2) is 15.5 Å². The van der Waals surface area contributed by atoms with Crippen LogP contribution in [0.3, 0.4) is 0 Å². The Labute approximate surface area is 242 Å². The maximum atomic E-state index is 14.2. The van der Waals surface area contributed by atoms with Gasteiger partial charge in [-0.25, -0.2) is 25.8 Å². The molecule has 0 unspecified atom stereocenters. The SMILES string of the molecule is CN(C)CCOc1cnc2c(c1)cc(C(=CC1CCCC1)c1ccc(S(C)(=O)=O)cc1)n2S(=O)(=O)c1ccccc1. The van der Waals surface area contributed by atoms with Crippen LogP contribution in [0.25, 0.3) is 16.6 Å². The van der Waals surface area contributed by atoms with Gasteiger partial charge in [-0.1, -0.05) is 49.2 Å². The number of fused-ring (bicyclic) bond motifs is 1. The lowest BCUT2D eigenvalue weighted by molar-refractivity contribution is 0.261. The number of aromatic nitrogens is 2. The summed E-state index contributed by atoms with van der Waals surface area (Å²) in [5.74, 6) is 0.836. The van der Waals surface area contributed by atoms with Gasteiger partial charge in [0.2, 0.25) is 0 Å². The number of likely N-dealkylation sites (N-methyl/N-ethyl adjacent to an activating group) is 1. The lowest BCUT2D eigenvalue weighted by atomic mass is 9.96. The van der Waals surface area contributed by atoms with E-state index in [4.69, 9.17) is 4.74 Å². The molecule has 1 aliphatic carbocycles. The molecule has 2 heterocycles. The second-order valence-electron chi connectivity index (χ2n) is 10.8. The van der Waals surface area contributed by atoms with Crippen molar-refractivity contribution in [2.45, 2.75) is 35.5 Å². The fourth-order valence-electron chi connectivity index (χ4n) is 5.17. The summed E-state index contributed by atoms with van der Waals surface area (Å²) in [4.78, 5) is 6.96. The molecule has 41 heavy (non-hydrogen) atoms. The van der Waals surface area contributed by atoms with Crippen LogP contribution >= 0.6 is 0 Å². The molecule has 0 amide bonds. The van der Waals surface area contributed by atoms with Crippen LogP contribution in [0, 0.1) is 5.92 Å². The summed E-state index contributed by atoms with van der Waals surface area (Å²) in [6.07, 6.45) is 9.12. The number of ether oxygens (including phenoxy) is 1. The van der Waals surface area contributed by atoms with E-state index in [2.05, 4.69) is 11.1 Å². The Morgan fingerprint density at radius 2 is 1.66 bits per heavy atom. The van der Waals surface area contributed by atoms with Crippen molar-refractivity contribution in [1.82, 2.24) is 13.9 Å². The van der Waals surface area contributed by atoms with Crippen LogP contribution < -0.4 is 4.74 Å². The third-order valence-corrected chi connectivity index (χ3v) is 10.2. The van der Waals surface area contributed by atoms with Crippen LogP contribution in [0.1, 0.15) is 36.9 Å². The van der Waals surface area contributed by atoms with E-state index in [0.29, 0.717) is 29.1 Å². The van der Waals surface area contributed by atoms with Gasteiger partial charge in [0.25, 0.3) is 10.0 Å². The number of hydrogen-bond donors (Lipinski definition) is 0. The quantitative estimate of drug-likeness (QED) is 0.248. The fourth-order valence-corrected chi connectivity index (χ4v) is 7.31. The summed E-state index contributed by atoms with van der Waals surface area (Å²) >= 11 is 0. The van der Waals surface area contributed by atoms with E-state index in [9.17, 15) is 16.8 Å². The van der Waals surface area contributed by atoms with Gasteiger partial charge in [0.05, 0.1) is 21.7 Å². The van der Waals surface area contributed by atoms with Gasteiger partial charge in [-0.2, -0.15) is 0 Å². The molecule has 4 aromatic rings. The van der Waals surface area contributed by atoms with Crippen LogP contribution in [0.2, 0.25) is 0 Å². The van der Waals surface area contributed by atoms with E-state index in [0.717, 1.165) is 43.4 Å². The van der Waals surface area contributed by atoms with Gasteiger partial charge in [-0.15, -0.1) is 0 Å². The van der Waals surface area contributed by atoms with Crippen LogP contribution in [-0.2, 0) is 19.9 Å². The third kappa shape index (κ3) is 6.39. The highest BCUT2D eigenvalue weighted by molar-refractivity contribution is 7.90. The molecule has 8 nitrogen and oxygen atoms in total. The minimum atomic E-state index is -4.04. The first-order valence-electron chi connectivity index (χ1n) is 13.7. The molecule has 0 atom stereocenters. The Bertz CT molecular complexity index is 1770. The van der Waals surface area contributed by atoms with Gasteiger partial charge >= 0.3 is 0 Å². The van der Waals surface area contributed by atoms with Crippen molar-refractivity contribution in [3.8, 4) is 5.75 Å². The Morgan fingerprint density at radius 1 is 0.976 bits per heavy atom. The molecular formula is C31H35N3O5S2. The van der Waals surface area contributed by atoms with Gasteiger partial charge in [0, 0.05) is 23.8 Å². The van der Waals surface area contributed by atoms with Gasteiger partial charge < -0.3 is 9.64 Å². The largest absolute Gasteiger partial charge is 0.491 e. The monoisotopic (exact) mass is 593 g/mol. The van der Waals surface area contributed by atoms with E-state index in [1.807, 2.05) is 31.1 Å². The van der Waals surface area contributed by atoms with E-state index < -0.39 is 19.9 Å². The second kappa shape index (κ2) is 11.8. The lowest BCUT2D eigenvalue weighted by Crippen LogP contribution is -2.19. The molecule has 1 fully saturated rings. The number of sulfone groups is 1. The molecule has 0 spiro atoms. The Kier molecular flexibility index (Phi) is 8.35. The minimum absolute atomic E-state index is 0.152. The Hall–Kier alpha value is -3.47. The van der Waals surface area contributed by atoms with E-state index in [1.165, 1.54) is 10.2 Å². The number of pyridine rings is 1. The first kappa shape index (κ1) is 29.0. The number of nitrogens with zero attached hydrogens (tertiary/aromatic N) is 3. The van der Waals surface area contributed by atoms with Crippen LogP contribution in [0.15, 0.2) is 88.8 Å². The standard InChI is InChI=1S/C31H35N3O5S2/c1-33(2)17-18-39-26-20-25-21-30(34(31(25)32-22-26)41(37,38)28-11-5-4-6-12-28)29(19-23-9-7-8-10-23)24-13-15-27(16-14-24)40(3,35)36/h4-6,11-16,19-23H,7-10,17-18H2,1-3H3. The van der Waals surface area contributed by atoms with Crippen molar-refractivity contribution >= 4 is 36.5 Å². The smallest absolute Gasteiger partial charge is 0.269 e. The van der Waals surface area contributed by atoms with E-state index in [1.54, 1.807) is 60.8 Å². The van der Waals surface area contributed by atoms with Crippen LogP contribution in [-0.4, -0.2) is 64.2 Å². The minimum Gasteiger partial charge on any atom is -0.491 e. The highest BCUT2D eigenvalue weighted by Crippen LogP contribution is 2.37. The predicted octanol–water partition coefficient (Wildman–Crippen LogP) is 5.24. The van der Waals surface area contributed by atoms with Crippen molar-refractivity contribution < 1.29 is 21.6 Å². The van der Waals surface area contributed by atoms with Crippen molar-refractivity contribution in [3.63, 3.8) is 0 Å². The normalized spacial score (nSPS) is 15.2. The molecule has 1 aliphatic rings. The number of allylic oxidation sites excluding steroid dienone is 1. The summed E-state index contributed by atoms with van der Waals surface area (Å²) in [5.41, 5.74) is 2.23. The highest BCUT2D eigenvalue weighted by atomic mass is 32.2. The zero-order valence-electron chi connectivity index (χ0n) is 23.5. The predicted molar refractivity (Wildman–Crippen MR) is 161 cm³/mol. The average Bonchev–Trinajstić information content (AvgIpc) is 3.59. The summed E-state index contributed by atoms with van der Waals surface area (Å²) in [5, 5.41) is 0.631. The van der Waals surface area contributed by atoms with E-state index in [-0.39, 0.29) is 15.7 Å². The maximum absolute atomic E-state index is 14.2. The number of hydrogen-bond acceptors (Lipinski definition) is 7. The van der Waals surface area contributed by atoms with Crippen molar-refractivity contribution in [3.05, 3.63) is 90.3 Å². The molecule has 1 saturated carbocycles. The number of benzene rings is 2. The molecule has 0 aliphatic heterocycles. The first-order chi connectivity index (χ1) is 19.5. The molecule has 2 aromatic carbocycles. The topological polar surface area (TPSA) is 98.6 Å². The van der Waals surface area contributed by atoms with Crippen molar-refractivity contribution in [2.75, 3.05) is 33.5 Å².